The number of hydrogen-bond acceptors (Lipinski definition) is 4. The van der Waals surface area contributed by atoms with E-state index in [0.29, 0.717) is 29.4 Å². The molecule has 0 aliphatic rings. The summed E-state index contributed by atoms with van der Waals surface area (Å²) < 4.78 is 0. The quantitative estimate of drug-likeness (QED) is 0.793. The minimum atomic E-state index is -0.217. The van der Waals surface area contributed by atoms with E-state index in [0.717, 1.165) is 5.56 Å². The second-order valence-electron chi connectivity index (χ2n) is 4.48. The molecule has 3 N–H and O–H groups in total. The largest absolute Gasteiger partial charge is 0.508 e. The van der Waals surface area contributed by atoms with E-state index in [1.54, 1.807) is 25.2 Å². The zero-order valence-electron chi connectivity index (χ0n) is 11.6. The molecule has 0 radical (unpaired) electrons. The molecule has 0 saturated heterocycles. The molecule has 0 bridgehead atoms. The van der Waals surface area contributed by atoms with E-state index in [2.05, 4.69) is 15.6 Å². The average Bonchev–Trinajstić information content (AvgIpc) is 2.49. The minimum Gasteiger partial charge on any atom is -0.508 e. The van der Waals surface area contributed by atoms with Crippen molar-refractivity contribution in [1.82, 2.24) is 10.3 Å². The van der Waals surface area contributed by atoms with Gasteiger partial charge in [0.1, 0.15) is 11.6 Å². The number of rotatable bonds is 5. The molecule has 1 amide bonds. The molecule has 0 unspecified atom stereocenters. The number of hydrogen-bond donors (Lipinski definition) is 3. The highest BCUT2D eigenvalue weighted by Gasteiger charge is 2.08. The van der Waals surface area contributed by atoms with Gasteiger partial charge >= 0.3 is 0 Å². The van der Waals surface area contributed by atoms with Crippen molar-refractivity contribution in [3.05, 3.63) is 52.7 Å². The fourth-order valence-corrected chi connectivity index (χ4v) is 2.09. The summed E-state index contributed by atoms with van der Waals surface area (Å²) in [6.45, 7) is 0.495. The molecule has 5 nitrogen and oxygen atoms in total. The monoisotopic (exact) mass is 305 g/mol. The van der Waals surface area contributed by atoms with Crippen LogP contribution in [0.15, 0.2) is 36.5 Å². The fraction of sp³-hybridized carbons (Fsp3) is 0.200. The van der Waals surface area contributed by atoms with Gasteiger partial charge in [0.05, 0.1) is 10.6 Å². The van der Waals surface area contributed by atoms with Crippen LogP contribution in [-0.2, 0) is 6.42 Å². The zero-order valence-corrected chi connectivity index (χ0v) is 12.3. The first-order valence-corrected chi connectivity index (χ1v) is 6.87. The molecular weight excluding hydrogens is 290 g/mol. The van der Waals surface area contributed by atoms with Crippen molar-refractivity contribution < 1.29 is 9.90 Å². The van der Waals surface area contributed by atoms with Crippen LogP contribution in [0, 0.1) is 0 Å². The summed E-state index contributed by atoms with van der Waals surface area (Å²) in [4.78, 5) is 16.0. The summed E-state index contributed by atoms with van der Waals surface area (Å²) in [5, 5.41) is 15.2. The number of aromatic nitrogens is 1. The lowest BCUT2D eigenvalue weighted by molar-refractivity contribution is 0.0954. The van der Waals surface area contributed by atoms with Gasteiger partial charge in [-0.2, -0.15) is 0 Å². The highest BCUT2D eigenvalue weighted by atomic mass is 35.5. The van der Waals surface area contributed by atoms with Crippen LogP contribution < -0.4 is 10.6 Å². The normalized spacial score (nSPS) is 10.2. The van der Waals surface area contributed by atoms with Gasteiger partial charge in [0.2, 0.25) is 0 Å². The Morgan fingerprint density at radius 3 is 2.67 bits per heavy atom. The summed E-state index contributed by atoms with van der Waals surface area (Å²) in [6, 6.07) is 8.47. The minimum absolute atomic E-state index is 0.217. The van der Waals surface area contributed by atoms with E-state index >= 15 is 0 Å². The van der Waals surface area contributed by atoms with Gasteiger partial charge in [-0.15, -0.1) is 0 Å². The number of carbonyl (C=O) groups is 1. The van der Waals surface area contributed by atoms with Gasteiger partial charge in [-0.1, -0.05) is 23.7 Å². The van der Waals surface area contributed by atoms with Crippen LogP contribution in [0.1, 0.15) is 15.9 Å². The van der Waals surface area contributed by atoms with Gasteiger partial charge in [0.25, 0.3) is 5.91 Å². The molecule has 1 aromatic carbocycles. The number of halogens is 1. The molecule has 21 heavy (non-hydrogen) atoms. The van der Waals surface area contributed by atoms with E-state index < -0.39 is 0 Å². The molecule has 2 aromatic rings. The summed E-state index contributed by atoms with van der Waals surface area (Å²) in [5.41, 5.74) is 1.46. The van der Waals surface area contributed by atoms with Crippen molar-refractivity contribution in [2.45, 2.75) is 6.42 Å². The Labute approximate surface area is 128 Å². The van der Waals surface area contributed by atoms with E-state index in [1.165, 1.54) is 6.20 Å². The van der Waals surface area contributed by atoms with Crippen molar-refractivity contribution in [1.29, 1.82) is 0 Å². The van der Waals surface area contributed by atoms with E-state index in [4.69, 9.17) is 11.6 Å². The molecular formula is C15H16ClN3O2. The number of nitrogens with one attached hydrogen (secondary N) is 2. The zero-order chi connectivity index (χ0) is 15.2. The fourth-order valence-electron chi connectivity index (χ4n) is 1.83. The SMILES string of the molecule is CNc1ncc(C(=O)NCCc2ccc(O)cc2)cc1Cl. The van der Waals surface area contributed by atoms with Crippen molar-refractivity contribution in [2.24, 2.45) is 0 Å². The van der Waals surface area contributed by atoms with E-state index in [9.17, 15) is 9.90 Å². The standard InChI is InChI=1S/C15H16ClN3O2/c1-17-14-13(16)8-11(9-19-14)15(21)18-7-6-10-2-4-12(20)5-3-10/h2-5,8-9,20H,6-7H2,1H3,(H,17,19)(H,18,21). The molecule has 6 heteroatoms. The highest BCUT2D eigenvalue weighted by Crippen LogP contribution is 2.19. The lowest BCUT2D eigenvalue weighted by Crippen LogP contribution is -2.25. The van der Waals surface area contributed by atoms with E-state index in [-0.39, 0.29) is 11.7 Å². The summed E-state index contributed by atoms with van der Waals surface area (Å²) in [5.74, 6) is 0.552. The number of phenols is 1. The van der Waals surface area contributed by atoms with Crippen LogP contribution in [0.2, 0.25) is 5.02 Å². The van der Waals surface area contributed by atoms with Gasteiger partial charge in [0, 0.05) is 19.8 Å². The Kier molecular flexibility index (Phi) is 5.00. The first-order chi connectivity index (χ1) is 10.1. The number of pyridine rings is 1. The Hall–Kier alpha value is -2.27. The van der Waals surface area contributed by atoms with E-state index in [1.807, 2.05) is 12.1 Å². The molecule has 0 aliphatic heterocycles. The second-order valence-corrected chi connectivity index (χ2v) is 4.88. The Morgan fingerprint density at radius 1 is 1.33 bits per heavy atom. The van der Waals surface area contributed by atoms with Crippen molar-refractivity contribution in [3.63, 3.8) is 0 Å². The number of carbonyl (C=O) groups excluding carboxylic acids is 1. The lowest BCUT2D eigenvalue weighted by atomic mass is 10.1. The smallest absolute Gasteiger partial charge is 0.252 e. The third-order valence-corrected chi connectivity index (χ3v) is 3.26. The molecule has 0 aliphatic carbocycles. The Balaban J connectivity index is 1.89. The predicted molar refractivity (Wildman–Crippen MR) is 82.9 cm³/mol. The van der Waals surface area contributed by atoms with Gasteiger partial charge in [0.15, 0.2) is 0 Å². The van der Waals surface area contributed by atoms with Crippen molar-refractivity contribution in [2.75, 3.05) is 18.9 Å². The first kappa shape index (κ1) is 15.1. The number of nitrogens with zero attached hydrogens (tertiary/aromatic N) is 1. The van der Waals surface area contributed by atoms with Gasteiger partial charge in [-0.3, -0.25) is 4.79 Å². The highest BCUT2D eigenvalue weighted by molar-refractivity contribution is 6.33. The van der Waals surface area contributed by atoms with Crippen LogP contribution in [0.4, 0.5) is 5.82 Å². The van der Waals surface area contributed by atoms with Crippen LogP contribution in [0.5, 0.6) is 5.75 Å². The van der Waals surface area contributed by atoms with Gasteiger partial charge in [-0.05, 0) is 30.2 Å². The van der Waals surface area contributed by atoms with Gasteiger partial charge in [-0.25, -0.2) is 4.98 Å². The molecule has 0 saturated carbocycles. The van der Waals surface area contributed by atoms with Crippen molar-refractivity contribution in [3.8, 4) is 5.75 Å². The average molecular weight is 306 g/mol. The predicted octanol–water partition coefficient (Wildman–Crippen LogP) is 2.45. The first-order valence-electron chi connectivity index (χ1n) is 6.49. The maximum Gasteiger partial charge on any atom is 0.252 e. The number of benzene rings is 1. The van der Waals surface area contributed by atoms with Crippen LogP contribution in [0.25, 0.3) is 0 Å². The third-order valence-electron chi connectivity index (χ3n) is 2.98. The van der Waals surface area contributed by atoms with Gasteiger partial charge < -0.3 is 15.7 Å². The molecule has 0 fully saturated rings. The molecule has 0 spiro atoms. The third kappa shape index (κ3) is 4.10. The van der Waals surface area contributed by atoms with Crippen LogP contribution >= 0.6 is 11.6 Å². The molecule has 110 valence electrons. The van der Waals surface area contributed by atoms with Crippen LogP contribution in [0.3, 0.4) is 0 Å². The van der Waals surface area contributed by atoms with Crippen LogP contribution in [-0.4, -0.2) is 29.6 Å². The number of anilines is 1. The van der Waals surface area contributed by atoms with Crippen molar-refractivity contribution >= 4 is 23.3 Å². The maximum absolute atomic E-state index is 12.0. The Bertz CT molecular complexity index is 629. The summed E-state index contributed by atoms with van der Waals surface area (Å²) in [6.07, 6.45) is 2.16. The summed E-state index contributed by atoms with van der Waals surface area (Å²) >= 11 is 5.99. The summed E-state index contributed by atoms with van der Waals surface area (Å²) in [7, 11) is 1.71. The second kappa shape index (κ2) is 6.95. The lowest BCUT2D eigenvalue weighted by Gasteiger charge is -2.07. The number of aromatic hydroxyl groups is 1. The maximum atomic E-state index is 12.0. The topological polar surface area (TPSA) is 74.2 Å². The Morgan fingerprint density at radius 2 is 2.05 bits per heavy atom. The number of amides is 1. The molecule has 0 atom stereocenters. The molecule has 2 rings (SSSR count). The molecule has 1 heterocycles. The number of phenolic OH excluding ortho intramolecular Hbond substituents is 1. The molecule has 1 aromatic heterocycles.